The van der Waals surface area contributed by atoms with Crippen molar-refractivity contribution in [2.45, 2.75) is 11.3 Å². The third-order valence-corrected chi connectivity index (χ3v) is 2.19. The first-order valence-corrected chi connectivity index (χ1v) is 4.73. The maximum atomic E-state index is 11.5. The zero-order valence-electron chi connectivity index (χ0n) is 6.85. The predicted molar refractivity (Wildman–Crippen MR) is 55.9 cm³/mol. The van der Waals surface area contributed by atoms with Crippen LogP contribution in [-0.2, 0) is 0 Å². The number of carbonyl (C=O) groups excluding carboxylic acids is 1. The summed E-state index contributed by atoms with van der Waals surface area (Å²) in [6.45, 7) is 1.42. The van der Waals surface area contributed by atoms with E-state index in [4.69, 9.17) is 34.8 Å². The molecule has 0 unspecified atom stereocenters. The Balaban J connectivity index is 3.10. The lowest BCUT2D eigenvalue weighted by Crippen LogP contribution is -2.21. The van der Waals surface area contributed by atoms with Gasteiger partial charge in [0.05, 0.1) is 5.02 Å². The molecule has 1 aromatic rings. The van der Waals surface area contributed by atoms with E-state index in [-0.39, 0.29) is 5.78 Å². The molecule has 70 valence electrons. The third-order valence-electron chi connectivity index (χ3n) is 1.52. The Morgan fingerprint density at radius 1 is 1.31 bits per heavy atom. The summed E-state index contributed by atoms with van der Waals surface area (Å²) in [6.07, 6.45) is 0. The van der Waals surface area contributed by atoms with Gasteiger partial charge in [0, 0.05) is 5.56 Å². The lowest BCUT2D eigenvalue weighted by Gasteiger charge is -2.12. The molecule has 0 aromatic heterocycles. The average Bonchev–Trinajstić information content (AvgIpc) is 2.02. The quantitative estimate of drug-likeness (QED) is 0.566. The van der Waals surface area contributed by atoms with Crippen LogP contribution in [0, 0.1) is 0 Å². The monoisotopic (exact) mass is 236 g/mol. The Labute approximate surface area is 91.6 Å². The molecule has 0 spiro atoms. The second kappa shape index (κ2) is 3.87. The molecule has 1 nitrogen and oxygen atoms in total. The highest BCUT2D eigenvalue weighted by Crippen LogP contribution is 2.28. The number of alkyl halides is 2. The molecule has 0 aliphatic heterocycles. The molecule has 0 aliphatic carbocycles. The van der Waals surface area contributed by atoms with Crippen LogP contribution >= 0.6 is 34.8 Å². The minimum absolute atomic E-state index is 0.344. The minimum Gasteiger partial charge on any atom is -0.291 e. The van der Waals surface area contributed by atoms with Gasteiger partial charge in [-0.15, -0.1) is 0 Å². The number of carbonyl (C=O) groups is 1. The van der Waals surface area contributed by atoms with Crippen molar-refractivity contribution in [2.75, 3.05) is 0 Å². The molecule has 4 heteroatoms. The smallest absolute Gasteiger partial charge is 0.199 e. The molecular formula is C9H7Cl3O. The van der Waals surface area contributed by atoms with Crippen molar-refractivity contribution >= 4 is 40.6 Å². The summed E-state index contributed by atoms with van der Waals surface area (Å²) in [4.78, 5) is 11.5. The zero-order valence-corrected chi connectivity index (χ0v) is 9.12. The Morgan fingerprint density at radius 2 is 1.85 bits per heavy atom. The highest BCUT2D eigenvalue weighted by Gasteiger charge is 2.29. The Kier molecular flexibility index (Phi) is 3.23. The van der Waals surface area contributed by atoms with Gasteiger partial charge in [-0.1, -0.05) is 46.9 Å². The van der Waals surface area contributed by atoms with Crippen LogP contribution in [0.4, 0.5) is 0 Å². The summed E-state index contributed by atoms with van der Waals surface area (Å²) >= 11 is 17.1. The molecule has 0 bridgehead atoms. The van der Waals surface area contributed by atoms with Crippen molar-refractivity contribution in [3.8, 4) is 0 Å². The van der Waals surface area contributed by atoms with Crippen molar-refractivity contribution < 1.29 is 4.79 Å². The summed E-state index contributed by atoms with van der Waals surface area (Å²) in [5.41, 5.74) is 0.344. The molecule has 0 atom stereocenters. The molecule has 1 rings (SSSR count). The van der Waals surface area contributed by atoms with Gasteiger partial charge in [0.15, 0.2) is 10.1 Å². The van der Waals surface area contributed by atoms with E-state index in [1.54, 1.807) is 24.3 Å². The fraction of sp³-hybridized carbons (Fsp3) is 0.222. The molecule has 0 aliphatic rings. The topological polar surface area (TPSA) is 17.1 Å². The number of rotatable bonds is 2. The number of halogens is 3. The number of hydrogen-bond donors (Lipinski definition) is 0. The van der Waals surface area contributed by atoms with Crippen LogP contribution in [-0.4, -0.2) is 10.1 Å². The second-order valence-electron chi connectivity index (χ2n) is 2.70. The first-order chi connectivity index (χ1) is 5.93. The van der Waals surface area contributed by atoms with Crippen molar-refractivity contribution in [1.29, 1.82) is 0 Å². The maximum absolute atomic E-state index is 11.5. The molecule has 0 N–H and O–H groups in total. The van der Waals surface area contributed by atoms with Gasteiger partial charge in [0.25, 0.3) is 0 Å². The standard InChI is InChI=1S/C9H7Cl3O/c1-9(11,12)8(13)6-4-2-3-5-7(6)10/h2-5H,1H3. The first-order valence-electron chi connectivity index (χ1n) is 3.60. The molecule has 0 saturated heterocycles. The van der Waals surface area contributed by atoms with E-state index in [0.29, 0.717) is 10.6 Å². The third kappa shape index (κ3) is 2.60. The normalized spacial score (nSPS) is 11.4. The molecule has 1 aromatic carbocycles. The van der Waals surface area contributed by atoms with Gasteiger partial charge in [-0.25, -0.2) is 0 Å². The maximum Gasteiger partial charge on any atom is 0.199 e. The van der Waals surface area contributed by atoms with Crippen LogP contribution < -0.4 is 0 Å². The number of benzene rings is 1. The van der Waals surface area contributed by atoms with Crippen LogP contribution in [0.5, 0.6) is 0 Å². The van der Waals surface area contributed by atoms with Gasteiger partial charge in [0.2, 0.25) is 0 Å². The number of ketones is 1. The Hall–Kier alpha value is -0.240. The van der Waals surface area contributed by atoms with Crippen LogP contribution in [0.15, 0.2) is 24.3 Å². The average molecular weight is 238 g/mol. The molecule has 0 amide bonds. The SMILES string of the molecule is CC(Cl)(Cl)C(=O)c1ccccc1Cl. The Bertz CT molecular complexity index is 328. The van der Waals surface area contributed by atoms with Gasteiger partial charge in [-0.3, -0.25) is 4.79 Å². The molecule has 13 heavy (non-hydrogen) atoms. The van der Waals surface area contributed by atoms with Gasteiger partial charge in [-0.05, 0) is 19.1 Å². The van der Waals surface area contributed by atoms with E-state index < -0.39 is 4.33 Å². The van der Waals surface area contributed by atoms with Gasteiger partial charge >= 0.3 is 0 Å². The molecule has 0 heterocycles. The zero-order chi connectivity index (χ0) is 10.1. The second-order valence-corrected chi connectivity index (χ2v) is 4.81. The lowest BCUT2D eigenvalue weighted by atomic mass is 10.1. The van der Waals surface area contributed by atoms with E-state index >= 15 is 0 Å². The molecule has 0 fully saturated rings. The number of hydrogen-bond acceptors (Lipinski definition) is 1. The van der Waals surface area contributed by atoms with Gasteiger partial charge in [0.1, 0.15) is 0 Å². The molecule has 0 saturated carbocycles. The minimum atomic E-state index is -1.43. The Morgan fingerprint density at radius 3 is 2.31 bits per heavy atom. The highest BCUT2D eigenvalue weighted by atomic mass is 35.5. The molecular weight excluding hydrogens is 230 g/mol. The van der Waals surface area contributed by atoms with Crippen LogP contribution in [0.1, 0.15) is 17.3 Å². The van der Waals surface area contributed by atoms with Crippen molar-refractivity contribution in [2.24, 2.45) is 0 Å². The summed E-state index contributed by atoms with van der Waals surface area (Å²) in [6, 6.07) is 6.65. The summed E-state index contributed by atoms with van der Waals surface area (Å²) in [5, 5.41) is 0.361. The fourth-order valence-corrected chi connectivity index (χ4v) is 1.31. The number of Topliss-reactive ketones (excluding diaryl/α,β-unsaturated/α-hetero) is 1. The largest absolute Gasteiger partial charge is 0.291 e. The van der Waals surface area contributed by atoms with Crippen LogP contribution in [0.25, 0.3) is 0 Å². The van der Waals surface area contributed by atoms with E-state index in [2.05, 4.69) is 0 Å². The van der Waals surface area contributed by atoms with Crippen molar-refractivity contribution in [3.05, 3.63) is 34.9 Å². The van der Waals surface area contributed by atoms with E-state index in [9.17, 15) is 4.79 Å². The van der Waals surface area contributed by atoms with Crippen molar-refractivity contribution in [3.63, 3.8) is 0 Å². The van der Waals surface area contributed by atoms with E-state index in [1.165, 1.54) is 6.92 Å². The van der Waals surface area contributed by atoms with Crippen LogP contribution in [0.3, 0.4) is 0 Å². The van der Waals surface area contributed by atoms with Gasteiger partial charge < -0.3 is 0 Å². The van der Waals surface area contributed by atoms with E-state index in [0.717, 1.165) is 0 Å². The predicted octanol–water partition coefficient (Wildman–Crippen LogP) is 3.72. The molecule has 0 radical (unpaired) electrons. The summed E-state index contributed by atoms with van der Waals surface area (Å²) in [5.74, 6) is -0.388. The van der Waals surface area contributed by atoms with E-state index in [1.807, 2.05) is 0 Å². The first kappa shape index (κ1) is 10.8. The van der Waals surface area contributed by atoms with Crippen molar-refractivity contribution in [1.82, 2.24) is 0 Å². The summed E-state index contributed by atoms with van der Waals surface area (Å²) in [7, 11) is 0. The lowest BCUT2D eigenvalue weighted by molar-refractivity contribution is 0.0978. The van der Waals surface area contributed by atoms with Crippen LogP contribution in [0.2, 0.25) is 5.02 Å². The van der Waals surface area contributed by atoms with Gasteiger partial charge in [-0.2, -0.15) is 0 Å². The summed E-state index contributed by atoms with van der Waals surface area (Å²) < 4.78 is -1.43. The highest BCUT2D eigenvalue weighted by molar-refractivity contribution is 6.60. The fourth-order valence-electron chi connectivity index (χ4n) is 0.882.